The first-order valence-electron chi connectivity index (χ1n) is 3.66. The first-order chi connectivity index (χ1) is 4.20. The quantitative estimate of drug-likeness (QED) is 0.400. The molecule has 0 fully saturated rings. The van der Waals surface area contributed by atoms with Gasteiger partial charge >= 0.3 is 0 Å². The van der Waals surface area contributed by atoms with E-state index in [0.717, 1.165) is 0 Å². The van der Waals surface area contributed by atoms with E-state index in [4.69, 9.17) is 0 Å². The summed E-state index contributed by atoms with van der Waals surface area (Å²) in [5.41, 5.74) is 0. The third kappa shape index (κ3) is 4.26. The fourth-order valence-electron chi connectivity index (χ4n) is 0.789. The van der Waals surface area contributed by atoms with Crippen molar-refractivity contribution in [2.45, 2.75) is 26.7 Å². The zero-order valence-corrected chi connectivity index (χ0v) is 6.56. The van der Waals surface area contributed by atoms with Gasteiger partial charge in [-0.15, -0.1) is 6.58 Å². The summed E-state index contributed by atoms with van der Waals surface area (Å²) in [6.45, 7) is 12.1. The van der Waals surface area contributed by atoms with Crippen LogP contribution in [0, 0.1) is 18.8 Å². The molecule has 54 valence electrons. The molecule has 0 radical (unpaired) electrons. The van der Waals surface area contributed by atoms with Gasteiger partial charge in [-0.2, -0.15) is 5.92 Å². The van der Waals surface area contributed by atoms with Gasteiger partial charge in [0.05, 0.1) is 0 Å². The molecule has 0 aliphatic carbocycles. The fourth-order valence-corrected chi connectivity index (χ4v) is 0.789. The van der Waals surface area contributed by atoms with Crippen LogP contribution < -0.4 is 0 Å². The maximum atomic E-state index is 4.00. The van der Waals surface area contributed by atoms with Crippen molar-refractivity contribution in [1.82, 2.24) is 0 Å². The molecule has 0 saturated carbocycles. The number of hydrogen-bond acceptors (Lipinski definition) is 0. The molecular formula is C9H17-. The summed E-state index contributed by atoms with van der Waals surface area (Å²) in [6.07, 6.45) is 4.35. The molecule has 0 nitrogen and oxygen atoms in total. The van der Waals surface area contributed by atoms with Crippen LogP contribution in [-0.4, -0.2) is 0 Å². The molecule has 0 aromatic heterocycles. The molecule has 2 atom stereocenters. The highest BCUT2D eigenvalue weighted by molar-refractivity contribution is 4.77. The Kier molecular flexibility index (Phi) is 4.47. The Morgan fingerprint density at radius 1 is 1.67 bits per heavy atom. The summed E-state index contributed by atoms with van der Waals surface area (Å²) in [4.78, 5) is 0. The zero-order valence-electron chi connectivity index (χ0n) is 6.56. The van der Waals surface area contributed by atoms with Crippen LogP contribution in [0.15, 0.2) is 12.7 Å². The Labute approximate surface area is 59.0 Å². The van der Waals surface area contributed by atoms with Gasteiger partial charge < -0.3 is 6.92 Å². The van der Waals surface area contributed by atoms with Crippen molar-refractivity contribution in [2.24, 2.45) is 11.8 Å². The minimum Gasteiger partial charge on any atom is -0.340 e. The maximum absolute atomic E-state index is 4.00. The second kappa shape index (κ2) is 4.60. The molecule has 0 aliphatic rings. The number of allylic oxidation sites excluding steroid dienone is 1. The van der Waals surface area contributed by atoms with Crippen LogP contribution in [-0.2, 0) is 0 Å². The van der Waals surface area contributed by atoms with Crippen LogP contribution in [0.25, 0.3) is 0 Å². The predicted molar refractivity (Wildman–Crippen MR) is 43.1 cm³/mol. The van der Waals surface area contributed by atoms with Gasteiger partial charge in [-0.25, -0.2) is 0 Å². The molecular weight excluding hydrogens is 108 g/mol. The average Bonchev–Trinajstić information content (AvgIpc) is 1.87. The van der Waals surface area contributed by atoms with Crippen LogP contribution in [0.2, 0.25) is 0 Å². The molecule has 0 N–H and O–H groups in total. The van der Waals surface area contributed by atoms with E-state index in [1.165, 1.54) is 12.8 Å². The van der Waals surface area contributed by atoms with Crippen molar-refractivity contribution in [3.8, 4) is 0 Å². The van der Waals surface area contributed by atoms with Crippen molar-refractivity contribution in [2.75, 3.05) is 0 Å². The first-order valence-corrected chi connectivity index (χ1v) is 3.66. The molecule has 0 heteroatoms. The molecule has 0 amide bonds. The number of rotatable bonds is 4. The minimum atomic E-state index is 0.609. The lowest BCUT2D eigenvalue weighted by molar-refractivity contribution is 0.494. The lowest BCUT2D eigenvalue weighted by atomic mass is 9.96. The molecule has 0 aliphatic heterocycles. The second-order valence-corrected chi connectivity index (χ2v) is 2.72. The van der Waals surface area contributed by atoms with Crippen LogP contribution >= 0.6 is 0 Å². The van der Waals surface area contributed by atoms with E-state index >= 15 is 0 Å². The largest absolute Gasteiger partial charge is 0.340 e. The normalized spacial score (nSPS) is 16.8. The Hall–Kier alpha value is -0.260. The van der Waals surface area contributed by atoms with E-state index in [-0.39, 0.29) is 0 Å². The Bertz CT molecular complexity index is 74.1. The van der Waals surface area contributed by atoms with Gasteiger partial charge in [0.1, 0.15) is 0 Å². The third-order valence-electron chi connectivity index (χ3n) is 1.68. The monoisotopic (exact) mass is 125 g/mol. The third-order valence-corrected chi connectivity index (χ3v) is 1.68. The highest BCUT2D eigenvalue weighted by Crippen LogP contribution is 2.14. The zero-order chi connectivity index (χ0) is 7.28. The molecule has 0 rings (SSSR count). The van der Waals surface area contributed by atoms with Crippen molar-refractivity contribution in [1.29, 1.82) is 0 Å². The molecule has 0 bridgehead atoms. The average molecular weight is 125 g/mol. The second-order valence-electron chi connectivity index (χ2n) is 2.72. The van der Waals surface area contributed by atoms with Gasteiger partial charge in [0.2, 0.25) is 0 Å². The summed E-state index contributed by atoms with van der Waals surface area (Å²) < 4.78 is 0. The Morgan fingerprint density at radius 3 is 2.56 bits per heavy atom. The molecule has 0 spiro atoms. The summed E-state index contributed by atoms with van der Waals surface area (Å²) >= 11 is 0. The van der Waals surface area contributed by atoms with Crippen LogP contribution in [0.4, 0.5) is 0 Å². The highest BCUT2D eigenvalue weighted by Gasteiger charge is 1.96. The molecule has 2 unspecified atom stereocenters. The fraction of sp³-hybridized carbons (Fsp3) is 0.667. The van der Waals surface area contributed by atoms with Gasteiger partial charge in [0.15, 0.2) is 0 Å². The Balaban J connectivity index is 3.33. The van der Waals surface area contributed by atoms with Crippen molar-refractivity contribution in [3.63, 3.8) is 0 Å². The minimum absolute atomic E-state index is 0.609. The Morgan fingerprint density at radius 2 is 2.22 bits per heavy atom. The first kappa shape index (κ1) is 8.74. The van der Waals surface area contributed by atoms with Crippen molar-refractivity contribution >= 4 is 0 Å². The summed E-state index contributed by atoms with van der Waals surface area (Å²) in [6, 6.07) is 0. The molecule has 9 heavy (non-hydrogen) atoms. The highest BCUT2D eigenvalue weighted by atomic mass is 14.1. The van der Waals surface area contributed by atoms with Gasteiger partial charge in [-0.05, 0) is 5.92 Å². The summed E-state index contributed by atoms with van der Waals surface area (Å²) in [7, 11) is 0. The predicted octanol–water partition coefficient (Wildman–Crippen LogP) is 3.06. The smallest absolute Gasteiger partial charge is 0.0287 e. The standard InChI is InChI=1S/C9H17/c1-5-8(3)7-9(4)6-2/h5,8-9H,1,4,6-7H2,2-3H3/q-1. The van der Waals surface area contributed by atoms with Crippen molar-refractivity contribution in [3.05, 3.63) is 19.6 Å². The number of hydrogen-bond donors (Lipinski definition) is 0. The van der Waals surface area contributed by atoms with E-state index in [1.807, 2.05) is 6.08 Å². The van der Waals surface area contributed by atoms with Crippen LogP contribution in [0.3, 0.4) is 0 Å². The van der Waals surface area contributed by atoms with Crippen molar-refractivity contribution < 1.29 is 0 Å². The molecule has 0 aromatic rings. The van der Waals surface area contributed by atoms with Gasteiger partial charge in [-0.3, -0.25) is 0 Å². The van der Waals surface area contributed by atoms with E-state index < -0.39 is 0 Å². The van der Waals surface area contributed by atoms with Gasteiger partial charge in [0.25, 0.3) is 0 Å². The van der Waals surface area contributed by atoms with Gasteiger partial charge in [0, 0.05) is 0 Å². The lowest BCUT2D eigenvalue weighted by Crippen LogP contribution is -1.98. The maximum Gasteiger partial charge on any atom is -0.0287 e. The van der Waals surface area contributed by atoms with Crippen LogP contribution in [0.5, 0.6) is 0 Å². The van der Waals surface area contributed by atoms with E-state index in [0.29, 0.717) is 11.8 Å². The van der Waals surface area contributed by atoms with E-state index in [1.54, 1.807) is 0 Å². The molecule has 0 heterocycles. The SMILES string of the molecule is C=CC(C)CC([CH2-])CC. The molecule has 0 aromatic carbocycles. The summed E-state index contributed by atoms with van der Waals surface area (Å²) in [5.74, 6) is 1.24. The van der Waals surface area contributed by atoms with Gasteiger partial charge in [-0.1, -0.05) is 32.8 Å². The summed E-state index contributed by atoms with van der Waals surface area (Å²) in [5, 5.41) is 0. The molecule has 0 saturated heterocycles. The van der Waals surface area contributed by atoms with E-state index in [9.17, 15) is 0 Å². The van der Waals surface area contributed by atoms with E-state index in [2.05, 4.69) is 27.4 Å². The topological polar surface area (TPSA) is 0 Å². The lowest BCUT2D eigenvalue weighted by Gasteiger charge is -2.17. The van der Waals surface area contributed by atoms with Crippen LogP contribution in [0.1, 0.15) is 26.7 Å².